The molecule has 1 unspecified atom stereocenters. The molecule has 200 valence electrons. The van der Waals surface area contributed by atoms with E-state index in [0.717, 1.165) is 48.2 Å². The number of hydrogen-bond donors (Lipinski definition) is 1. The van der Waals surface area contributed by atoms with Crippen molar-refractivity contribution in [2.24, 2.45) is 5.92 Å². The summed E-state index contributed by atoms with van der Waals surface area (Å²) in [5, 5.41) is 10.4. The molecule has 1 N–H and O–H groups in total. The van der Waals surface area contributed by atoms with E-state index in [1.54, 1.807) is 30.3 Å². The van der Waals surface area contributed by atoms with Crippen LogP contribution in [0.25, 0.3) is 11.1 Å². The Morgan fingerprint density at radius 2 is 1.84 bits per heavy atom. The number of benzene rings is 3. The largest absolute Gasteiger partial charge is 0.508 e. The number of aromatic hydroxyl groups is 1. The zero-order valence-corrected chi connectivity index (χ0v) is 22.7. The van der Waals surface area contributed by atoms with E-state index in [9.17, 15) is 17.9 Å². The van der Waals surface area contributed by atoms with Gasteiger partial charge in [-0.2, -0.15) is 0 Å². The molecule has 0 aromatic heterocycles. The van der Waals surface area contributed by atoms with Crippen LogP contribution in [0.5, 0.6) is 17.2 Å². The molecule has 5 rings (SSSR count). The lowest BCUT2D eigenvalue weighted by Crippen LogP contribution is -2.49. The topological polar surface area (TPSA) is 76.1 Å². The SMILES string of the molecule is CC1=C(c2cc(Cl)cc(S(C)(=O)=O)c2)C(c2ccc(OCCN3CC(CF)C3)cc2)Oc2ccc(O)cc21. The summed E-state index contributed by atoms with van der Waals surface area (Å²) < 4.78 is 49.6. The highest BCUT2D eigenvalue weighted by atomic mass is 35.5. The number of phenolic OH excluding ortho intramolecular Hbond substituents is 1. The predicted molar refractivity (Wildman–Crippen MR) is 146 cm³/mol. The van der Waals surface area contributed by atoms with Gasteiger partial charge in [0, 0.05) is 48.0 Å². The summed E-state index contributed by atoms with van der Waals surface area (Å²) in [7, 11) is -3.50. The Morgan fingerprint density at radius 1 is 1.11 bits per heavy atom. The third kappa shape index (κ3) is 5.53. The maximum Gasteiger partial charge on any atom is 0.175 e. The van der Waals surface area contributed by atoms with Crippen LogP contribution in [0.4, 0.5) is 4.39 Å². The molecule has 2 heterocycles. The number of allylic oxidation sites excluding steroid dienone is 1. The van der Waals surface area contributed by atoms with Gasteiger partial charge in [0.2, 0.25) is 0 Å². The Kier molecular flexibility index (Phi) is 7.40. The van der Waals surface area contributed by atoms with Crippen molar-refractivity contribution in [3.63, 3.8) is 0 Å². The summed E-state index contributed by atoms with van der Waals surface area (Å²) in [6.07, 6.45) is 0.595. The first-order valence-electron chi connectivity index (χ1n) is 12.4. The molecule has 3 aromatic carbocycles. The van der Waals surface area contributed by atoms with E-state index in [1.165, 1.54) is 6.07 Å². The van der Waals surface area contributed by atoms with Gasteiger partial charge in [0.15, 0.2) is 9.84 Å². The van der Waals surface area contributed by atoms with E-state index in [2.05, 4.69) is 4.90 Å². The Balaban J connectivity index is 1.46. The van der Waals surface area contributed by atoms with E-state index < -0.39 is 15.9 Å². The van der Waals surface area contributed by atoms with Gasteiger partial charge in [-0.1, -0.05) is 23.7 Å². The zero-order valence-electron chi connectivity index (χ0n) is 21.2. The van der Waals surface area contributed by atoms with Crippen LogP contribution >= 0.6 is 11.6 Å². The second-order valence-corrected chi connectivity index (χ2v) is 12.3. The van der Waals surface area contributed by atoms with Crippen LogP contribution in [-0.2, 0) is 9.84 Å². The highest BCUT2D eigenvalue weighted by molar-refractivity contribution is 7.90. The molecule has 9 heteroatoms. The molecule has 1 saturated heterocycles. The molecular formula is C29H29ClFNO5S. The standard InChI is InChI=1S/C29H29ClFNO5S/c1-18-26-14-23(33)5-8-27(26)37-29(28(18)21-11-22(30)13-25(12-21)38(2,34)35)20-3-6-24(7-4-20)36-10-9-32-16-19(15-31)17-32/h3-8,11-14,19,29,33H,9-10,15-17H2,1-2H3. The molecular weight excluding hydrogens is 529 g/mol. The molecule has 0 spiro atoms. The van der Waals surface area contributed by atoms with Gasteiger partial charge in [0.25, 0.3) is 0 Å². The van der Waals surface area contributed by atoms with Crippen LogP contribution in [0.1, 0.15) is 29.7 Å². The quantitative estimate of drug-likeness (QED) is 0.378. The maximum atomic E-state index is 12.6. The Labute approximate surface area is 227 Å². The summed E-state index contributed by atoms with van der Waals surface area (Å²) in [5.41, 5.74) is 3.79. The van der Waals surface area contributed by atoms with Crippen LogP contribution < -0.4 is 9.47 Å². The number of sulfone groups is 1. The summed E-state index contributed by atoms with van der Waals surface area (Å²) in [5.74, 6) is 1.58. The summed E-state index contributed by atoms with van der Waals surface area (Å²) >= 11 is 6.36. The number of phenols is 1. The maximum absolute atomic E-state index is 12.6. The van der Waals surface area contributed by atoms with E-state index in [-0.39, 0.29) is 23.2 Å². The van der Waals surface area contributed by atoms with Crippen molar-refractivity contribution in [3.05, 3.63) is 82.4 Å². The number of fused-ring (bicyclic) bond motifs is 1. The Morgan fingerprint density at radius 3 is 2.53 bits per heavy atom. The van der Waals surface area contributed by atoms with Gasteiger partial charge in [0.05, 0.1) is 11.6 Å². The number of halogens is 2. The second-order valence-electron chi connectivity index (χ2n) is 9.86. The Bertz CT molecular complexity index is 1480. The molecule has 0 amide bonds. The number of nitrogens with zero attached hydrogens (tertiary/aromatic N) is 1. The molecule has 38 heavy (non-hydrogen) atoms. The second kappa shape index (κ2) is 10.6. The van der Waals surface area contributed by atoms with Crippen LogP contribution in [0, 0.1) is 5.92 Å². The normalized spacial score (nSPS) is 18.1. The highest BCUT2D eigenvalue weighted by Gasteiger charge is 2.31. The van der Waals surface area contributed by atoms with Crippen molar-refractivity contribution in [2.75, 3.05) is 39.2 Å². The van der Waals surface area contributed by atoms with Crippen molar-refractivity contribution >= 4 is 32.6 Å². The highest BCUT2D eigenvalue weighted by Crippen LogP contribution is 2.48. The minimum absolute atomic E-state index is 0.104. The molecule has 0 radical (unpaired) electrons. The van der Waals surface area contributed by atoms with Crippen molar-refractivity contribution in [2.45, 2.75) is 17.9 Å². The first kappa shape index (κ1) is 26.5. The smallest absolute Gasteiger partial charge is 0.175 e. The van der Waals surface area contributed by atoms with Crippen molar-refractivity contribution < 1.29 is 27.4 Å². The van der Waals surface area contributed by atoms with E-state index >= 15 is 0 Å². The van der Waals surface area contributed by atoms with Gasteiger partial charge in [-0.3, -0.25) is 9.29 Å². The van der Waals surface area contributed by atoms with E-state index in [1.807, 2.05) is 31.2 Å². The van der Waals surface area contributed by atoms with Gasteiger partial charge < -0.3 is 14.6 Å². The fraction of sp³-hybridized carbons (Fsp3) is 0.310. The molecule has 6 nitrogen and oxygen atoms in total. The number of rotatable bonds is 8. The minimum Gasteiger partial charge on any atom is -0.508 e. The van der Waals surface area contributed by atoms with Crippen LogP contribution in [0.15, 0.2) is 65.6 Å². The summed E-state index contributed by atoms with van der Waals surface area (Å²) in [6.45, 7) is 4.46. The molecule has 1 atom stereocenters. The summed E-state index contributed by atoms with van der Waals surface area (Å²) in [6, 6.07) is 17.3. The predicted octanol–water partition coefficient (Wildman–Crippen LogP) is 5.79. The average Bonchev–Trinajstić information content (AvgIpc) is 2.85. The van der Waals surface area contributed by atoms with E-state index in [4.69, 9.17) is 21.1 Å². The van der Waals surface area contributed by atoms with Crippen molar-refractivity contribution in [1.82, 2.24) is 4.90 Å². The zero-order chi connectivity index (χ0) is 27.0. The molecule has 0 saturated carbocycles. The number of hydrogen-bond acceptors (Lipinski definition) is 6. The van der Waals surface area contributed by atoms with Gasteiger partial charge in [0.1, 0.15) is 30.0 Å². The fourth-order valence-electron chi connectivity index (χ4n) is 4.96. The van der Waals surface area contributed by atoms with Crippen LogP contribution in [0.2, 0.25) is 5.02 Å². The van der Waals surface area contributed by atoms with E-state index in [0.29, 0.717) is 28.7 Å². The molecule has 0 aliphatic carbocycles. The Hall–Kier alpha value is -3.07. The van der Waals surface area contributed by atoms with Crippen LogP contribution in [-0.4, -0.2) is 57.6 Å². The van der Waals surface area contributed by atoms with Gasteiger partial charge in [-0.25, -0.2) is 8.42 Å². The van der Waals surface area contributed by atoms with Gasteiger partial charge in [-0.15, -0.1) is 0 Å². The lowest BCUT2D eigenvalue weighted by Gasteiger charge is -2.37. The minimum atomic E-state index is -3.50. The third-order valence-corrected chi connectivity index (χ3v) is 8.31. The third-order valence-electron chi connectivity index (χ3n) is 7.00. The van der Waals surface area contributed by atoms with Gasteiger partial charge >= 0.3 is 0 Å². The first-order chi connectivity index (χ1) is 18.1. The lowest BCUT2D eigenvalue weighted by atomic mass is 9.86. The van der Waals surface area contributed by atoms with Crippen molar-refractivity contribution in [1.29, 1.82) is 0 Å². The monoisotopic (exact) mass is 557 g/mol. The lowest BCUT2D eigenvalue weighted by molar-refractivity contribution is 0.0668. The first-order valence-corrected chi connectivity index (χ1v) is 14.6. The van der Waals surface area contributed by atoms with Crippen molar-refractivity contribution in [3.8, 4) is 17.2 Å². The number of likely N-dealkylation sites (tertiary alicyclic amines) is 1. The fourth-order valence-corrected chi connectivity index (χ4v) is 5.95. The van der Waals surface area contributed by atoms with Gasteiger partial charge in [-0.05, 0) is 72.2 Å². The molecule has 2 aliphatic heterocycles. The molecule has 3 aromatic rings. The molecule has 0 bridgehead atoms. The number of ether oxygens (including phenoxy) is 2. The number of alkyl halides is 1. The average molecular weight is 558 g/mol. The molecule has 2 aliphatic rings. The molecule has 1 fully saturated rings. The van der Waals surface area contributed by atoms with Crippen LogP contribution in [0.3, 0.4) is 0 Å². The summed E-state index contributed by atoms with van der Waals surface area (Å²) in [4.78, 5) is 2.28.